The second-order valence-corrected chi connectivity index (χ2v) is 6.11. The van der Waals surface area contributed by atoms with Crippen LogP contribution in [-0.2, 0) is 0 Å². The molecule has 0 saturated heterocycles. The summed E-state index contributed by atoms with van der Waals surface area (Å²) in [6, 6.07) is 5.36. The van der Waals surface area contributed by atoms with E-state index in [1.165, 1.54) is 18.2 Å². The van der Waals surface area contributed by atoms with Gasteiger partial charge in [0, 0.05) is 5.54 Å². The van der Waals surface area contributed by atoms with Crippen LogP contribution in [0.25, 0.3) is 0 Å². The van der Waals surface area contributed by atoms with E-state index in [0.717, 1.165) is 12.4 Å². The van der Waals surface area contributed by atoms with Crippen LogP contribution in [0.5, 0.6) is 0 Å². The average molecular weight is 348 g/mol. The molecule has 1 aromatic heterocycles. The number of rotatable bonds is 5. The van der Waals surface area contributed by atoms with Gasteiger partial charge in [0.15, 0.2) is 0 Å². The van der Waals surface area contributed by atoms with Gasteiger partial charge in [0.1, 0.15) is 12.1 Å². The number of amides is 1. The van der Waals surface area contributed by atoms with E-state index < -0.39 is 27.9 Å². The molecule has 0 aliphatic rings. The second kappa shape index (κ2) is 7.07. The summed E-state index contributed by atoms with van der Waals surface area (Å²) in [5.74, 6) is -1.74. The summed E-state index contributed by atoms with van der Waals surface area (Å²) in [5, 5.41) is 14.3. The van der Waals surface area contributed by atoms with E-state index in [9.17, 15) is 19.3 Å². The zero-order chi connectivity index (χ0) is 18.6. The van der Waals surface area contributed by atoms with Crippen LogP contribution >= 0.6 is 0 Å². The van der Waals surface area contributed by atoms with Gasteiger partial charge in [-0.15, -0.1) is 0 Å². The van der Waals surface area contributed by atoms with Crippen LogP contribution in [0.2, 0.25) is 0 Å². The maximum Gasteiger partial charge on any atom is 0.354 e. The Hall–Kier alpha value is -3.30. The third kappa shape index (κ3) is 4.59. The molecule has 0 unspecified atom stereocenters. The monoisotopic (exact) mass is 348 g/mol. The van der Waals surface area contributed by atoms with Crippen LogP contribution in [-0.4, -0.2) is 26.3 Å². The van der Waals surface area contributed by atoms with Gasteiger partial charge >= 0.3 is 5.69 Å². The third-order valence-electron chi connectivity index (χ3n) is 2.91. The molecule has 0 spiro atoms. The molecule has 25 heavy (non-hydrogen) atoms. The number of hydrogen-bond donors (Lipinski definition) is 3. The predicted molar refractivity (Wildman–Crippen MR) is 89.6 cm³/mol. The number of nitrogens with one attached hydrogen (secondary N) is 3. The molecule has 0 atom stereocenters. The van der Waals surface area contributed by atoms with E-state index in [0.29, 0.717) is 0 Å². The summed E-state index contributed by atoms with van der Waals surface area (Å²) in [4.78, 5) is 30.3. The van der Waals surface area contributed by atoms with E-state index in [1.54, 1.807) is 0 Å². The molecular formula is C15H17FN6O3. The third-order valence-corrected chi connectivity index (χ3v) is 2.91. The summed E-state index contributed by atoms with van der Waals surface area (Å²) in [6.45, 7) is 5.43. The van der Waals surface area contributed by atoms with E-state index in [-0.39, 0.29) is 17.2 Å². The molecule has 1 heterocycles. The van der Waals surface area contributed by atoms with Crippen LogP contribution in [0, 0.1) is 15.9 Å². The molecule has 1 aromatic carbocycles. The molecule has 132 valence electrons. The molecule has 10 heteroatoms. The van der Waals surface area contributed by atoms with Crippen LogP contribution in [0.1, 0.15) is 31.1 Å². The summed E-state index contributed by atoms with van der Waals surface area (Å²) >= 11 is 0. The van der Waals surface area contributed by atoms with Crippen molar-refractivity contribution >= 4 is 23.2 Å². The van der Waals surface area contributed by atoms with Crippen molar-refractivity contribution in [2.75, 3.05) is 10.7 Å². The standard InChI is InChI=1S/C15H17FN6O3/c1-15(2,3)19-12-11(22(24)25)13(18-8-17-12)20-21-14(23)9-6-4-5-7-10(9)16/h4-8H,1-3H3,(H,21,23)(H2,17,18,19,20). The van der Waals surface area contributed by atoms with Crippen molar-refractivity contribution in [1.29, 1.82) is 0 Å². The van der Waals surface area contributed by atoms with Gasteiger partial charge in [-0.25, -0.2) is 14.4 Å². The Bertz CT molecular complexity index is 806. The molecule has 3 N–H and O–H groups in total. The Balaban J connectivity index is 2.25. The molecule has 0 bridgehead atoms. The summed E-state index contributed by atoms with van der Waals surface area (Å²) < 4.78 is 13.6. The first kappa shape index (κ1) is 18.0. The van der Waals surface area contributed by atoms with Crippen LogP contribution in [0.3, 0.4) is 0 Å². The molecule has 2 rings (SSSR count). The van der Waals surface area contributed by atoms with Crippen molar-refractivity contribution in [2.24, 2.45) is 0 Å². The lowest BCUT2D eigenvalue weighted by Gasteiger charge is -2.21. The first-order valence-corrected chi connectivity index (χ1v) is 7.27. The number of halogens is 1. The largest absolute Gasteiger partial charge is 0.360 e. The molecular weight excluding hydrogens is 331 g/mol. The van der Waals surface area contributed by atoms with Crippen molar-refractivity contribution in [3.63, 3.8) is 0 Å². The summed E-state index contributed by atoms with van der Waals surface area (Å²) in [7, 11) is 0. The predicted octanol–water partition coefficient (Wildman–Crippen LogP) is 2.49. The lowest BCUT2D eigenvalue weighted by Crippen LogP contribution is -2.31. The van der Waals surface area contributed by atoms with Gasteiger partial charge in [-0.2, -0.15) is 0 Å². The highest BCUT2D eigenvalue weighted by atomic mass is 19.1. The van der Waals surface area contributed by atoms with Crippen LogP contribution in [0.15, 0.2) is 30.6 Å². The van der Waals surface area contributed by atoms with Crippen LogP contribution < -0.4 is 16.2 Å². The maximum atomic E-state index is 13.6. The molecule has 0 aliphatic heterocycles. The number of hydrazine groups is 1. The SMILES string of the molecule is CC(C)(C)Nc1ncnc(NNC(=O)c2ccccc2F)c1[N+](=O)[O-]. The van der Waals surface area contributed by atoms with Gasteiger partial charge in [0.05, 0.1) is 10.5 Å². The molecule has 1 amide bonds. The Morgan fingerprint density at radius 1 is 1.20 bits per heavy atom. The summed E-state index contributed by atoms with van der Waals surface area (Å²) in [5.41, 5.74) is 3.41. The Kier molecular flexibility index (Phi) is 5.11. The first-order chi connectivity index (χ1) is 11.7. The number of carbonyl (C=O) groups is 1. The number of hydrogen-bond acceptors (Lipinski definition) is 7. The van der Waals surface area contributed by atoms with Gasteiger partial charge in [-0.05, 0) is 32.9 Å². The number of anilines is 2. The fourth-order valence-electron chi connectivity index (χ4n) is 1.92. The Labute approximate surface area is 142 Å². The van der Waals surface area contributed by atoms with Crippen molar-refractivity contribution in [3.05, 3.63) is 52.1 Å². The topological polar surface area (TPSA) is 122 Å². The quantitative estimate of drug-likeness (QED) is 0.560. The van der Waals surface area contributed by atoms with Crippen molar-refractivity contribution in [1.82, 2.24) is 15.4 Å². The zero-order valence-corrected chi connectivity index (χ0v) is 13.8. The number of carbonyl (C=O) groups excluding carboxylic acids is 1. The van der Waals surface area contributed by atoms with E-state index in [1.807, 2.05) is 20.8 Å². The van der Waals surface area contributed by atoms with Crippen molar-refractivity contribution < 1.29 is 14.1 Å². The van der Waals surface area contributed by atoms with E-state index in [4.69, 9.17) is 0 Å². The fraction of sp³-hybridized carbons (Fsp3) is 0.267. The smallest absolute Gasteiger partial charge is 0.354 e. The number of nitro groups is 1. The number of benzene rings is 1. The minimum absolute atomic E-state index is 0.00450. The Morgan fingerprint density at radius 3 is 2.44 bits per heavy atom. The lowest BCUT2D eigenvalue weighted by molar-refractivity contribution is -0.383. The molecule has 0 aliphatic carbocycles. The molecule has 0 saturated carbocycles. The van der Waals surface area contributed by atoms with Crippen molar-refractivity contribution in [2.45, 2.75) is 26.3 Å². The van der Waals surface area contributed by atoms with Gasteiger partial charge in [0.25, 0.3) is 5.91 Å². The number of nitrogens with zero attached hydrogens (tertiary/aromatic N) is 3. The van der Waals surface area contributed by atoms with Gasteiger partial charge in [-0.1, -0.05) is 12.1 Å². The van der Waals surface area contributed by atoms with E-state index in [2.05, 4.69) is 26.1 Å². The lowest BCUT2D eigenvalue weighted by atomic mass is 10.1. The highest BCUT2D eigenvalue weighted by Gasteiger charge is 2.26. The van der Waals surface area contributed by atoms with Crippen molar-refractivity contribution in [3.8, 4) is 0 Å². The number of aromatic nitrogens is 2. The Morgan fingerprint density at radius 2 is 1.84 bits per heavy atom. The average Bonchev–Trinajstić information content (AvgIpc) is 2.51. The molecule has 2 aromatic rings. The molecule has 0 fully saturated rings. The highest BCUT2D eigenvalue weighted by Crippen LogP contribution is 2.30. The normalized spacial score (nSPS) is 10.9. The van der Waals surface area contributed by atoms with Crippen LogP contribution in [0.4, 0.5) is 21.7 Å². The minimum atomic E-state index is -0.795. The highest BCUT2D eigenvalue weighted by molar-refractivity contribution is 5.95. The fourth-order valence-corrected chi connectivity index (χ4v) is 1.92. The molecule has 0 radical (unpaired) electrons. The van der Waals surface area contributed by atoms with Gasteiger partial charge < -0.3 is 5.32 Å². The maximum absolute atomic E-state index is 13.6. The first-order valence-electron chi connectivity index (χ1n) is 7.27. The van der Waals surface area contributed by atoms with Gasteiger partial charge in [0.2, 0.25) is 11.6 Å². The zero-order valence-electron chi connectivity index (χ0n) is 13.8. The second-order valence-electron chi connectivity index (χ2n) is 6.11. The minimum Gasteiger partial charge on any atom is -0.360 e. The van der Waals surface area contributed by atoms with Gasteiger partial charge in [-0.3, -0.25) is 25.8 Å². The summed E-state index contributed by atoms with van der Waals surface area (Å²) in [6.07, 6.45) is 1.11. The van der Waals surface area contributed by atoms with E-state index >= 15 is 0 Å². The molecule has 9 nitrogen and oxygen atoms in total.